The third kappa shape index (κ3) is 5.53. The zero-order valence-corrected chi connectivity index (χ0v) is 16.5. The van der Waals surface area contributed by atoms with Crippen LogP contribution in [0.5, 0.6) is 5.75 Å². The Morgan fingerprint density at radius 2 is 1.89 bits per heavy atom. The first-order chi connectivity index (χ1) is 13.7. The van der Waals surface area contributed by atoms with Gasteiger partial charge in [-0.25, -0.2) is 4.98 Å². The van der Waals surface area contributed by atoms with Crippen molar-refractivity contribution in [2.75, 3.05) is 18.5 Å². The van der Waals surface area contributed by atoms with Crippen LogP contribution < -0.4 is 10.1 Å². The molecule has 1 amide bonds. The minimum absolute atomic E-state index is 0.249. The van der Waals surface area contributed by atoms with Crippen molar-refractivity contribution in [1.82, 2.24) is 4.98 Å². The average molecular weight is 398 g/mol. The summed E-state index contributed by atoms with van der Waals surface area (Å²) in [5.74, 6) is -0.207. The summed E-state index contributed by atoms with van der Waals surface area (Å²) in [6.07, 6.45) is 1.59. The fraction of sp³-hybridized carbons (Fsp3) is 0.286. The van der Waals surface area contributed by atoms with E-state index in [0.29, 0.717) is 30.9 Å². The molecule has 3 aromatic rings. The molecule has 146 valence electrons. The lowest BCUT2D eigenvalue weighted by Gasteiger charge is -2.11. The lowest BCUT2D eigenvalue weighted by Crippen LogP contribution is -2.21. The third-order valence-electron chi connectivity index (χ3n) is 3.93. The van der Waals surface area contributed by atoms with Crippen LogP contribution in [-0.4, -0.2) is 30.1 Å². The Morgan fingerprint density at radius 1 is 1.11 bits per heavy atom. The number of para-hydroxylation sites is 3. The number of aryl methyl sites for hydroxylation is 1. The van der Waals surface area contributed by atoms with Crippen LogP contribution in [0.1, 0.15) is 24.8 Å². The number of nitrogens with zero attached hydrogens (tertiary/aromatic N) is 1. The summed E-state index contributed by atoms with van der Waals surface area (Å²) in [7, 11) is 0. The highest BCUT2D eigenvalue weighted by Crippen LogP contribution is 2.24. The average Bonchev–Trinajstić information content (AvgIpc) is 3.11. The van der Waals surface area contributed by atoms with Gasteiger partial charge in [0.15, 0.2) is 6.61 Å². The van der Waals surface area contributed by atoms with Gasteiger partial charge in [0.1, 0.15) is 5.75 Å². The minimum Gasteiger partial charge on any atom is -0.492 e. The van der Waals surface area contributed by atoms with Gasteiger partial charge in [-0.05, 0) is 44.0 Å². The highest BCUT2D eigenvalue weighted by atomic mass is 32.1. The molecular formula is C21H22N2O4S. The van der Waals surface area contributed by atoms with E-state index in [0.717, 1.165) is 15.2 Å². The number of hydrogen-bond donors (Lipinski definition) is 1. The van der Waals surface area contributed by atoms with Crippen molar-refractivity contribution in [3.63, 3.8) is 0 Å². The van der Waals surface area contributed by atoms with E-state index in [4.69, 9.17) is 9.47 Å². The Morgan fingerprint density at radius 3 is 2.71 bits per heavy atom. The van der Waals surface area contributed by atoms with Gasteiger partial charge in [-0.2, -0.15) is 0 Å². The van der Waals surface area contributed by atoms with Crippen molar-refractivity contribution in [3.05, 3.63) is 53.5 Å². The third-order valence-corrected chi connectivity index (χ3v) is 5.03. The molecule has 1 aromatic heterocycles. The number of rotatable bonds is 9. The predicted octanol–water partition coefficient (Wildman–Crippen LogP) is 4.20. The van der Waals surface area contributed by atoms with E-state index in [1.54, 1.807) is 29.5 Å². The number of aromatic nitrogens is 1. The SMILES string of the molecule is CCOc1ccccc1NC(=O)COC(=O)CCCc1nc2ccccc2s1. The predicted molar refractivity (Wildman–Crippen MR) is 110 cm³/mol. The first-order valence-corrected chi connectivity index (χ1v) is 9.99. The van der Waals surface area contributed by atoms with Crippen molar-refractivity contribution in [2.24, 2.45) is 0 Å². The molecule has 0 fully saturated rings. The van der Waals surface area contributed by atoms with Crippen LogP contribution in [0.2, 0.25) is 0 Å². The van der Waals surface area contributed by atoms with Crippen molar-refractivity contribution in [1.29, 1.82) is 0 Å². The lowest BCUT2D eigenvalue weighted by molar-refractivity contribution is -0.147. The first kappa shape index (κ1) is 19.8. The van der Waals surface area contributed by atoms with Crippen LogP contribution in [0, 0.1) is 0 Å². The number of carbonyl (C=O) groups is 2. The van der Waals surface area contributed by atoms with E-state index in [9.17, 15) is 9.59 Å². The van der Waals surface area contributed by atoms with Gasteiger partial charge in [0, 0.05) is 6.42 Å². The number of amides is 1. The normalized spacial score (nSPS) is 10.6. The number of benzene rings is 2. The molecule has 6 nitrogen and oxygen atoms in total. The lowest BCUT2D eigenvalue weighted by atomic mass is 10.2. The van der Waals surface area contributed by atoms with Gasteiger partial charge in [0.05, 0.1) is 27.5 Å². The summed E-state index contributed by atoms with van der Waals surface area (Å²) in [6, 6.07) is 15.1. The summed E-state index contributed by atoms with van der Waals surface area (Å²) in [5.41, 5.74) is 1.54. The fourth-order valence-corrected chi connectivity index (χ4v) is 3.68. The van der Waals surface area contributed by atoms with Crippen molar-refractivity contribution < 1.29 is 19.1 Å². The zero-order valence-electron chi connectivity index (χ0n) is 15.6. The van der Waals surface area contributed by atoms with Crippen LogP contribution in [0.3, 0.4) is 0 Å². The van der Waals surface area contributed by atoms with E-state index in [-0.39, 0.29) is 13.0 Å². The van der Waals surface area contributed by atoms with Gasteiger partial charge in [-0.3, -0.25) is 9.59 Å². The van der Waals surface area contributed by atoms with E-state index in [1.807, 2.05) is 37.3 Å². The molecule has 0 unspecified atom stereocenters. The Kier molecular flexibility index (Phi) is 6.97. The molecule has 0 atom stereocenters. The maximum absolute atomic E-state index is 12.0. The topological polar surface area (TPSA) is 77.5 Å². The Bertz CT molecular complexity index is 921. The van der Waals surface area contributed by atoms with Crippen LogP contribution >= 0.6 is 11.3 Å². The van der Waals surface area contributed by atoms with Crippen LogP contribution in [0.25, 0.3) is 10.2 Å². The van der Waals surface area contributed by atoms with Gasteiger partial charge in [-0.15, -0.1) is 11.3 Å². The van der Waals surface area contributed by atoms with Crippen LogP contribution in [0.4, 0.5) is 5.69 Å². The monoisotopic (exact) mass is 398 g/mol. The molecule has 0 aliphatic carbocycles. The zero-order chi connectivity index (χ0) is 19.8. The second kappa shape index (κ2) is 9.85. The molecule has 0 aliphatic heterocycles. The second-order valence-electron chi connectivity index (χ2n) is 6.07. The summed E-state index contributed by atoms with van der Waals surface area (Å²) in [6.45, 7) is 2.05. The van der Waals surface area contributed by atoms with Crippen molar-refractivity contribution in [2.45, 2.75) is 26.2 Å². The summed E-state index contributed by atoms with van der Waals surface area (Å²) in [4.78, 5) is 28.4. The van der Waals surface area contributed by atoms with Gasteiger partial charge in [0.25, 0.3) is 5.91 Å². The van der Waals surface area contributed by atoms with E-state index in [1.165, 1.54) is 0 Å². The van der Waals surface area contributed by atoms with Crippen molar-refractivity contribution >= 4 is 39.1 Å². The number of ether oxygens (including phenoxy) is 2. The van der Waals surface area contributed by atoms with Crippen LogP contribution in [-0.2, 0) is 20.7 Å². The molecule has 0 bridgehead atoms. The Balaban J connectivity index is 1.39. The van der Waals surface area contributed by atoms with E-state index < -0.39 is 11.9 Å². The molecule has 0 saturated carbocycles. The number of fused-ring (bicyclic) bond motifs is 1. The number of nitrogens with one attached hydrogen (secondary N) is 1. The van der Waals surface area contributed by atoms with Gasteiger partial charge >= 0.3 is 5.97 Å². The summed E-state index contributed by atoms with van der Waals surface area (Å²) < 4.78 is 11.7. The van der Waals surface area contributed by atoms with Gasteiger partial charge in [0.2, 0.25) is 0 Å². The highest BCUT2D eigenvalue weighted by molar-refractivity contribution is 7.18. The summed E-state index contributed by atoms with van der Waals surface area (Å²) in [5, 5.41) is 3.70. The van der Waals surface area contributed by atoms with Gasteiger partial charge < -0.3 is 14.8 Å². The molecule has 0 radical (unpaired) electrons. The molecule has 0 saturated heterocycles. The molecule has 1 heterocycles. The van der Waals surface area contributed by atoms with Crippen LogP contribution in [0.15, 0.2) is 48.5 Å². The second-order valence-corrected chi connectivity index (χ2v) is 7.18. The maximum atomic E-state index is 12.0. The number of carbonyl (C=O) groups excluding carboxylic acids is 2. The highest BCUT2D eigenvalue weighted by Gasteiger charge is 2.11. The first-order valence-electron chi connectivity index (χ1n) is 9.17. The Labute approximate surface area is 167 Å². The van der Waals surface area contributed by atoms with Gasteiger partial charge in [-0.1, -0.05) is 24.3 Å². The standard InChI is InChI=1S/C21H22N2O4S/c1-2-26-17-10-5-3-8-15(17)22-19(24)14-27-21(25)13-7-12-20-23-16-9-4-6-11-18(16)28-20/h3-6,8-11H,2,7,12-14H2,1H3,(H,22,24). The molecule has 2 aromatic carbocycles. The molecule has 28 heavy (non-hydrogen) atoms. The van der Waals surface area contributed by atoms with E-state index >= 15 is 0 Å². The fourth-order valence-electron chi connectivity index (χ4n) is 2.67. The smallest absolute Gasteiger partial charge is 0.306 e. The molecule has 1 N–H and O–H groups in total. The summed E-state index contributed by atoms with van der Waals surface area (Å²) >= 11 is 1.63. The number of thiazole rings is 1. The molecular weight excluding hydrogens is 376 g/mol. The minimum atomic E-state index is -0.397. The molecule has 7 heteroatoms. The molecule has 0 spiro atoms. The van der Waals surface area contributed by atoms with Crippen molar-refractivity contribution in [3.8, 4) is 5.75 Å². The largest absolute Gasteiger partial charge is 0.492 e. The number of anilines is 1. The molecule has 3 rings (SSSR count). The number of hydrogen-bond acceptors (Lipinski definition) is 6. The maximum Gasteiger partial charge on any atom is 0.306 e. The quantitative estimate of drug-likeness (QED) is 0.547. The molecule has 0 aliphatic rings. The van der Waals surface area contributed by atoms with E-state index in [2.05, 4.69) is 10.3 Å². The Hall–Kier alpha value is -2.93. The number of esters is 1.